The number of methoxy groups -OCH3 is 1. The highest BCUT2D eigenvalue weighted by Gasteiger charge is 2.08. The molecule has 0 unspecified atom stereocenters. The van der Waals surface area contributed by atoms with Gasteiger partial charge in [0.15, 0.2) is 9.84 Å². The first-order valence-electron chi connectivity index (χ1n) is 6.68. The summed E-state index contributed by atoms with van der Waals surface area (Å²) in [6.45, 7) is 0. The molecule has 2 aromatic carbocycles. The molecule has 0 heterocycles. The van der Waals surface area contributed by atoms with Gasteiger partial charge in [-0.3, -0.25) is 10.1 Å². The highest BCUT2D eigenvalue weighted by molar-refractivity contribution is 7.93. The monoisotopic (exact) mass is 333 g/mol. The maximum absolute atomic E-state index is 12.1. The Hall–Kier alpha value is -2.67. The van der Waals surface area contributed by atoms with E-state index in [2.05, 4.69) is 0 Å². The van der Waals surface area contributed by atoms with Crippen LogP contribution in [-0.4, -0.2) is 20.5 Å². The molecule has 0 amide bonds. The summed E-state index contributed by atoms with van der Waals surface area (Å²) >= 11 is 0. The molecule has 0 aliphatic carbocycles. The van der Waals surface area contributed by atoms with E-state index in [9.17, 15) is 18.5 Å². The van der Waals surface area contributed by atoms with Crippen LogP contribution in [0.2, 0.25) is 0 Å². The summed E-state index contributed by atoms with van der Waals surface area (Å²) < 4.78 is 29.2. The molecule has 0 radical (unpaired) electrons. The molecule has 0 aromatic heterocycles. The molecule has 6 nitrogen and oxygen atoms in total. The van der Waals surface area contributed by atoms with Crippen LogP contribution in [0.1, 0.15) is 11.1 Å². The number of benzene rings is 2. The third-order valence-corrected chi connectivity index (χ3v) is 4.39. The van der Waals surface area contributed by atoms with Crippen molar-refractivity contribution in [1.82, 2.24) is 0 Å². The second-order valence-electron chi connectivity index (χ2n) is 4.81. The molecule has 0 saturated heterocycles. The lowest BCUT2D eigenvalue weighted by Crippen LogP contribution is -2.00. The van der Waals surface area contributed by atoms with E-state index in [-0.39, 0.29) is 11.4 Å². The van der Waals surface area contributed by atoms with E-state index < -0.39 is 14.8 Å². The first kappa shape index (κ1) is 16.7. The van der Waals surface area contributed by atoms with E-state index in [1.54, 1.807) is 31.4 Å². The average Bonchev–Trinajstić information content (AvgIpc) is 2.54. The second-order valence-corrected chi connectivity index (χ2v) is 6.69. The molecule has 0 saturated carbocycles. The number of sulfone groups is 1. The van der Waals surface area contributed by atoms with Crippen molar-refractivity contribution >= 4 is 21.6 Å². The highest BCUT2D eigenvalue weighted by Crippen LogP contribution is 2.16. The second kappa shape index (κ2) is 7.06. The van der Waals surface area contributed by atoms with Crippen molar-refractivity contribution in [1.29, 1.82) is 0 Å². The highest BCUT2D eigenvalue weighted by atomic mass is 32.2. The molecule has 0 bridgehead atoms. The Balaban J connectivity index is 2.08. The van der Waals surface area contributed by atoms with E-state index in [1.165, 1.54) is 30.3 Å². The van der Waals surface area contributed by atoms with Crippen molar-refractivity contribution in [3.63, 3.8) is 0 Å². The van der Waals surface area contributed by atoms with Crippen LogP contribution in [0.5, 0.6) is 5.75 Å². The first-order valence-corrected chi connectivity index (χ1v) is 8.39. The largest absolute Gasteiger partial charge is 0.497 e. The van der Waals surface area contributed by atoms with Gasteiger partial charge >= 0.3 is 0 Å². The summed E-state index contributed by atoms with van der Waals surface area (Å²) in [5, 5.41) is 11.7. The van der Waals surface area contributed by atoms with E-state index in [4.69, 9.17) is 4.74 Å². The minimum absolute atomic E-state index is 0.0387. The van der Waals surface area contributed by atoms with Gasteiger partial charge in [0.05, 0.1) is 17.8 Å². The van der Waals surface area contributed by atoms with Crippen LogP contribution in [0, 0.1) is 10.1 Å². The molecule has 120 valence electrons. The molecule has 0 aliphatic heterocycles. The SMILES string of the molecule is COc1ccc(CS(=O)(=O)/C=C/c2ccc([N+](=O)[O-])cc2)cc1. The van der Waals surface area contributed by atoms with Crippen molar-refractivity contribution in [2.24, 2.45) is 0 Å². The van der Waals surface area contributed by atoms with Gasteiger partial charge in [-0.05, 0) is 41.5 Å². The van der Waals surface area contributed by atoms with Gasteiger partial charge in [0, 0.05) is 17.5 Å². The fourth-order valence-electron chi connectivity index (χ4n) is 1.89. The zero-order chi connectivity index (χ0) is 16.9. The lowest BCUT2D eigenvalue weighted by Gasteiger charge is -2.02. The van der Waals surface area contributed by atoms with Gasteiger partial charge in [-0.2, -0.15) is 0 Å². The average molecular weight is 333 g/mol. The third kappa shape index (κ3) is 4.93. The van der Waals surface area contributed by atoms with Gasteiger partial charge in [0.25, 0.3) is 5.69 Å². The fourth-order valence-corrected chi connectivity index (χ4v) is 3.01. The smallest absolute Gasteiger partial charge is 0.269 e. The minimum atomic E-state index is -3.43. The van der Waals surface area contributed by atoms with Crippen LogP contribution in [0.15, 0.2) is 53.9 Å². The van der Waals surface area contributed by atoms with Gasteiger partial charge in [-0.25, -0.2) is 8.42 Å². The van der Waals surface area contributed by atoms with Gasteiger partial charge in [-0.1, -0.05) is 12.1 Å². The molecule has 23 heavy (non-hydrogen) atoms. The van der Waals surface area contributed by atoms with E-state index in [0.717, 1.165) is 5.41 Å². The quantitative estimate of drug-likeness (QED) is 0.598. The Morgan fingerprint density at radius 3 is 2.22 bits per heavy atom. The molecule has 0 spiro atoms. The Labute approximate surface area is 134 Å². The Morgan fingerprint density at radius 1 is 1.09 bits per heavy atom. The number of nitro groups is 1. The molecule has 0 atom stereocenters. The molecule has 2 aromatic rings. The molecule has 0 fully saturated rings. The van der Waals surface area contributed by atoms with Gasteiger partial charge < -0.3 is 4.74 Å². The van der Waals surface area contributed by atoms with E-state index in [1.807, 2.05) is 0 Å². The molecule has 2 rings (SSSR count). The Kier molecular flexibility index (Phi) is 5.13. The number of ether oxygens (including phenoxy) is 1. The van der Waals surface area contributed by atoms with Crippen LogP contribution >= 0.6 is 0 Å². The summed E-state index contributed by atoms with van der Waals surface area (Å²) in [5.41, 5.74) is 1.19. The summed E-state index contributed by atoms with van der Waals surface area (Å²) in [4.78, 5) is 10.1. The Bertz CT molecular complexity index is 809. The zero-order valence-corrected chi connectivity index (χ0v) is 13.2. The van der Waals surface area contributed by atoms with Crippen LogP contribution in [0.4, 0.5) is 5.69 Å². The fraction of sp³-hybridized carbons (Fsp3) is 0.125. The van der Waals surface area contributed by atoms with E-state index >= 15 is 0 Å². The third-order valence-electron chi connectivity index (χ3n) is 3.10. The summed E-state index contributed by atoms with van der Waals surface area (Å²) in [5.74, 6) is 0.535. The van der Waals surface area contributed by atoms with Gasteiger partial charge in [0.2, 0.25) is 0 Å². The molecule has 0 aliphatic rings. The van der Waals surface area contributed by atoms with Crippen molar-refractivity contribution < 1.29 is 18.1 Å². The van der Waals surface area contributed by atoms with Crippen LogP contribution in [0.3, 0.4) is 0 Å². The minimum Gasteiger partial charge on any atom is -0.497 e. The Morgan fingerprint density at radius 2 is 1.70 bits per heavy atom. The predicted molar refractivity (Wildman–Crippen MR) is 87.7 cm³/mol. The topological polar surface area (TPSA) is 86.5 Å². The predicted octanol–water partition coefficient (Wildman–Crippen LogP) is 3.19. The zero-order valence-electron chi connectivity index (χ0n) is 12.4. The van der Waals surface area contributed by atoms with Crippen LogP contribution in [0.25, 0.3) is 6.08 Å². The maximum atomic E-state index is 12.1. The summed E-state index contributed by atoms with van der Waals surface area (Å²) in [7, 11) is -1.89. The number of hydrogen-bond donors (Lipinski definition) is 0. The molecular formula is C16H15NO5S. The van der Waals surface area contributed by atoms with Gasteiger partial charge in [0.1, 0.15) is 5.75 Å². The molecular weight excluding hydrogens is 318 g/mol. The molecule has 0 N–H and O–H groups in total. The summed E-state index contributed by atoms with van der Waals surface area (Å²) in [6, 6.07) is 12.4. The molecule has 7 heteroatoms. The van der Waals surface area contributed by atoms with Crippen molar-refractivity contribution in [2.45, 2.75) is 5.75 Å². The standard InChI is InChI=1S/C16H15NO5S/c1-22-16-8-4-14(5-9-16)12-23(20,21)11-10-13-2-6-15(7-3-13)17(18)19/h2-11H,12H2,1H3/b11-10+. The first-order chi connectivity index (χ1) is 10.9. The van der Waals surface area contributed by atoms with E-state index in [0.29, 0.717) is 16.9 Å². The van der Waals surface area contributed by atoms with Crippen molar-refractivity contribution in [3.8, 4) is 5.75 Å². The normalized spacial score (nSPS) is 11.5. The van der Waals surface area contributed by atoms with Crippen molar-refractivity contribution in [3.05, 3.63) is 75.2 Å². The van der Waals surface area contributed by atoms with Crippen LogP contribution < -0.4 is 4.74 Å². The number of hydrogen-bond acceptors (Lipinski definition) is 5. The number of rotatable bonds is 6. The number of non-ortho nitro benzene ring substituents is 1. The van der Waals surface area contributed by atoms with Crippen LogP contribution in [-0.2, 0) is 15.6 Å². The van der Waals surface area contributed by atoms with Gasteiger partial charge in [-0.15, -0.1) is 0 Å². The number of nitrogens with zero attached hydrogens (tertiary/aromatic N) is 1. The lowest BCUT2D eigenvalue weighted by atomic mass is 10.2. The lowest BCUT2D eigenvalue weighted by molar-refractivity contribution is -0.384. The number of nitro benzene ring substituents is 1. The summed E-state index contributed by atoms with van der Waals surface area (Å²) in [6.07, 6.45) is 1.42. The van der Waals surface area contributed by atoms with Crippen molar-refractivity contribution in [2.75, 3.05) is 7.11 Å². The maximum Gasteiger partial charge on any atom is 0.269 e.